The van der Waals surface area contributed by atoms with E-state index in [1.54, 1.807) is 30.3 Å². The Hall–Kier alpha value is -4.24. The van der Waals surface area contributed by atoms with Crippen molar-refractivity contribution in [3.8, 4) is 23.3 Å². The Kier molecular flexibility index (Phi) is 7.07. The lowest BCUT2D eigenvalue weighted by Crippen LogP contribution is -2.14. The van der Waals surface area contributed by atoms with E-state index in [2.05, 4.69) is 10.6 Å². The van der Waals surface area contributed by atoms with Crippen molar-refractivity contribution < 1.29 is 14.3 Å². The Labute approximate surface area is 175 Å². The molecule has 2 N–H and O–H groups in total. The van der Waals surface area contributed by atoms with Crippen LogP contribution in [0.2, 0.25) is 0 Å². The predicted molar refractivity (Wildman–Crippen MR) is 117 cm³/mol. The normalized spacial score (nSPS) is 10.6. The lowest BCUT2D eigenvalue weighted by atomic mass is 10.2. The molecule has 0 atom stereocenters. The molecule has 0 heterocycles. The topological polar surface area (TPSA) is 83.4 Å². The standard InChI is InChI=1S/C24H21N3O3/c1-2-29-23-11-7-6-10-22(23)26-17-18(16-25)24(28)27-19-12-14-21(15-13-19)30-20-8-4-3-5-9-20/h3-15,17,26H,2H2,1H3,(H,27,28)/b18-17-. The number of benzene rings is 3. The smallest absolute Gasteiger partial charge is 0.267 e. The minimum absolute atomic E-state index is 0.0640. The molecule has 0 bridgehead atoms. The molecule has 0 aromatic heterocycles. The zero-order valence-corrected chi connectivity index (χ0v) is 16.5. The van der Waals surface area contributed by atoms with E-state index < -0.39 is 5.91 Å². The number of carbonyl (C=O) groups excluding carboxylic acids is 1. The van der Waals surface area contributed by atoms with Gasteiger partial charge in [0.25, 0.3) is 5.91 Å². The van der Waals surface area contributed by atoms with E-state index in [-0.39, 0.29) is 5.57 Å². The molecule has 6 nitrogen and oxygen atoms in total. The number of hydrogen-bond donors (Lipinski definition) is 2. The van der Waals surface area contributed by atoms with Crippen molar-refractivity contribution in [3.63, 3.8) is 0 Å². The predicted octanol–water partition coefficient (Wildman–Crippen LogP) is 5.34. The van der Waals surface area contributed by atoms with Crippen LogP contribution in [0.15, 0.2) is 90.6 Å². The van der Waals surface area contributed by atoms with Crippen LogP contribution in [0.4, 0.5) is 11.4 Å². The quantitative estimate of drug-likeness (QED) is 0.395. The van der Waals surface area contributed by atoms with Gasteiger partial charge in [0.2, 0.25) is 0 Å². The van der Waals surface area contributed by atoms with Gasteiger partial charge in [0, 0.05) is 11.9 Å². The van der Waals surface area contributed by atoms with Crippen LogP contribution in [0.25, 0.3) is 0 Å². The summed E-state index contributed by atoms with van der Waals surface area (Å²) in [6, 6.07) is 25.5. The van der Waals surface area contributed by atoms with Crippen LogP contribution in [-0.4, -0.2) is 12.5 Å². The van der Waals surface area contributed by atoms with Gasteiger partial charge in [0.1, 0.15) is 28.9 Å². The van der Waals surface area contributed by atoms with Crippen LogP contribution in [0, 0.1) is 11.3 Å². The highest BCUT2D eigenvalue weighted by Gasteiger charge is 2.10. The van der Waals surface area contributed by atoms with Crippen LogP contribution in [0.3, 0.4) is 0 Å². The van der Waals surface area contributed by atoms with Crippen molar-refractivity contribution in [3.05, 3.63) is 90.6 Å². The van der Waals surface area contributed by atoms with E-state index in [0.29, 0.717) is 29.5 Å². The van der Waals surface area contributed by atoms with Crippen LogP contribution >= 0.6 is 0 Å². The van der Waals surface area contributed by atoms with E-state index in [0.717, 1.165) is 5.75 Å². The van der Waals surface area contributed by atoms with Crippen molar-refractivity contribution in [1.82, 2.24) is 0 Å². The van der Waals surface area contributed by atoms with E-state index in [9.17, 15) is 10.1 Å². The molecular weight excluding hydrogens is 378 g/mol. The average molecular weight is 399 g/mol. The van der Waals surface area contributed by atoms with Crippen LogP contribution in [0.1, 0.15) is 6.92 Å². The molecule has 0 aliphatic carbocycles. The van der Waals surface area contributed by atoms with Gasteiger partial charge >= 0.3 is 0 Å². The molecule has 150 valence electrons. The monoisotopic (exact) mass is 399 g/mol. The number of para-hydroxylation sites is 3. The van der Waals surface area contributed by atoms with Gasteiger partial charge in [-0.1, -0.05) is 30.3 Å². The van der Waals surface area contributed by atoms with Crippen LogP contribution in [-0.2, 0) is 4.79 Å². The van der Waals surface area contributed by atoms with Crippen molar-refractivity contribution >= 4 is 17.3 Å². The molecule has 0 spiro atoms. The summed E-state index contributed by atoms with van der Waals surface area (Å²) in [6.07, 6.45) is 1.36. The summed E-state index contributed by atoms with van der Waals surface area (Å²) < 4.78 is 11.3. The zero-order chi connectivity index (χ0) is 21.2. The third-order valence-electron chi connectivity index (χ3n) is 4.02. The van der Waals surface area contributed by atoms with Crippen molar-refractivity contribution in [2.24, 2.45) is 0 Å². The molecule has 30 heavy (non-hydrogen) atoms. The zero-order valence-electron chi connectivity index (χ0n) is 16.5. The molecule has 0 fully saturated rings. The van der Waals surface area contributed by atoms with Gasteiger partial charge in [-0.25, -0.2) is 0 Å². The Balaban J connectivity index is 1.64. The first-order chi connectivity index (χ1) is 14.7. The fraction of sp³-hybridized carbons (Fsp3) is 0.0833. The molecule has 0 radical (unpaired) electrons. The van der Waals surface area contributed by atoms with E-state index in [1.165, 1.54) is 6.20 Å². The van der Waals surface area contributed by atoms with Gasteiger partial charge in [0.15, 0.2) is 0 Å². The second-order valence-electron chi connectivity index (χ2n) is 6.14. The molecule has 0 aliphatic heterocycles. The number of nitrogens with zero attached hydrogens (tertiary/aromatic N) is 1. The maximum absolute atomic E-state index is 12.4. The van der Waals surface area contributed by atoms with E-state index in [1.807, 2.05) is 61.5 Å². The summed E-state index contributed by atoms with van der Waals surface area (Å²) in [5.41, 5.74) is 1.16. The molecule has 3 aromatic rings. The fourth-order valence-electron chi connectivity index (χ4n) is 2.60. The minimum atomic E-state index is -0.518. The van der Waals surface area contributed by atoms with Gasteiger partial charge < -0.3 is 20.1 Å². The van der Waals surface area contributed by atoms with Crippen molar-refractivity contribution in [2.75, 3.05) is 17.2 Å². The van der Waals surface area contributed by atoms with Gasteiger partial charge in [-0.3, -0.25) is 4.79 Å². The summed E-state index contributed by atoms with van der Waals surface area (Å²) in [4.78, 5) is 12.4. The summed E-state index contributed by atoms with van der Waals surface area (Å²) in [7, 11) is 0. The number of rotatable bonds is 8. The molecule has 6 heteroatoms. The molecule has 1 amide bonds. The second-order valence-corrected chi connectivity index (χ2v) is 6.14. The van der Waals surface area contributed by atoms with Gasteiger partial charge in [-0.15, -0.1) is 0 Å². The highest BCUT2D eigenvalue weighted by molar-refractivity contribution is 6.06. The maximum atomic E-state index is 12.4. The first kappa shape index (κ1) is 20.5. The number of amides is 1. The molecule has 0 saturated heterocycles. The first-order valence-electron chi connectivity index (χ1n) is 9.42. The molecular formula is C24H21N3O3. The van der Waals surface area contributed by atoms with Crippen LogP contribution in [0.5, 0.6) is 17.2 Å². The van der Waals surface area contributed by atoms with E-state index >= 15 is 0 Å². The first-order valence-corrected chi connectivity index (χ1v) is 9.42. The lowest BCUT2D eigenvalue weighted by Gasteiger charge is -2.10. The summed E-state index contributed by atoms with van der Waals surface area (Å²) in [5, 5.41) is 15.0. The molecule has 3 rings (SSSR count). The Morgan fingerprint density at radius 1 is 0.967 bits per heavy atom. The Morgan fingerprint density at radius 3 is 2.33 bits per heavy atom. The number of ether oxygens (including phenoxy) is 2. The molecule has 0 aliphatic rings. The summed E-state index contributed by atoms with van der Waals surface area (Å²) in [5.74, 6) is 1.49. The molecule has 0 saturated carbocycles. The molecule has 3 aromatic carbocycles. The summed E-state index contributed by atoms with van der Waals surface area (Å²) >= 11 is 0. The third-order valence-corrected chi connectivity index (χ3v) is 4.02. The van der Waals surface area contributed by atoms with Crippen molar-refractivity contribution in [1.29, 1.82) is 5.26 Å². The minimum Gasteiger partial charge on any atom is -0.492 e. The fourth-order valence-corrected chi connectivity index (χ4v) is 2.60. The third kappa shape index (κ3) is 5.63. The Morgan fingerprint density at radius 2 is 1.63 bits per heavy atom. The maximum Gasteiger partial charge on any atom is 0.267 e. The number of nitrogens with one attached hydrogen (secondary N) is 2. The number of nitriles is 1. The van der Waals surface area contributed by atoms with E-state index in [4.69, 9.17) is 9.47 Å². The van der Waals surface area contributed by atoms with Gasteiger partial charge in [0.05, 0.1) is 12.3 Å². The SMILES string of the molecule is CCOc1ccccc1N/C=C(/C#N)C(=O)Nc1ccc(Oc2ccccc2)cc1. The average Bonchev–Trinajstić information content (AvgIpc) is 2.77. The number of hydrogen-bond acceptors (Lipinski definition) is 5. The second kappa shape index (κ2) is 10.3. The van der Waals surface area contributed by atoms with Crippen molar-refractivity contribution in [2.45, 2.75) is 6.92 Å². The van der Waals surface area contributed by atoms with Gasteiger partial charge in [-0.2, -0.15) is 5.26 Å². The lowest BCUT2D eigenvalue weighted by molar-refractivity contribution is -0.112. The largest absolute Gasteiger partial charge is 0.492 e. The highest BCUT2D eigenvalue weighted by Crippen LogP contribution is 2.24. The van der Waals surface area contributed by atoms with Crippen LogP contribution < -0.4 is 20.1 Å². The Bertz CT molecular complexity index is 1060. The number of anilines is 2. The summed E-state index contributed by atoms with van der Waals surface area (Å²) in [6.45, 7) is 2.40. The number of carbonyl (C=O) groups is 1. The van der Waals surface area contributed by atoms with Gasteiger partial charge in [-0.05, 0) is 55.5 Å². The highest BCUT2D eigenvalue weighted by atomic mass is 16.5. The molecule has 0 unspecified atom stereocenters.